The number of hydrogen-bond acceptors (Lipinski definition) is 4. The van der Waals surface area contributed by atoms with Crippen molar-refractivity contribution in [2.75, 3.05) is 50.2 Å². The molecule has 4 nitrogen and oxygen atoms in total. The smallest absolute Gasteiger partial charge is 0.0482 e. The first kappa shape index (κ1) is 28.0. The molecule has 4 heteroatoms. The molecule has 0 aliphatic rings. The van der Waals surface area contributed by atoms with E-state index in [1.54, 1.807) is 0 Å². The lowest BCUT2D eigenvalue weighted by molar-refractivity contribution is 0.102. The van der Waals surface area contributed by atoms with Gasteiger partial charge in [-0.3, -0.25) is 0 Å². The Morgan fingerprint density at radius 3 is 1.21 bits per heavy atom. The highest BCUT2D eigenvalue weighted by Gasteiger charge is 2.04. The van der Waals surface area contributed by atoms with Crippen molar-refractivity contribution < 1.29 is 9.47 Å². The number of unbranched alkanes of at least 4 members (excludes halogenated alkanes) is 1. The molecule has 0 amide bonds. The highest BCUT2D eigenvalue weighted by atomic mass is 16.5. The number of ether oxygens (including phenoxy) is 2. The molecular formula is C38H40N2O2. The van der Waals surface area contributed by atoms with Gasteiger partial charge in [0.2, 0.25) is 0 Å². The lowest BCUT2D eigenvalue weighted by Gasteiger charge is -2.12. The molecule has 0 radical (unpaired) electrons. The van der Waals surface area contributed by atoms with Gasteiger partial charge in [0, 0.05) is 61.7 Å². The van der Waals surface area contributed by atoms with Crippen molar-refractivity contribution in [3.63, 3.8) is 0 Å². The van der Waals surface area contributed by atoms with Crippen molar-refractivity contribution in [2.45, 2.75) is 25.7 Å². The van der Waals surface area contributed by atoms with Gasteiger partial charge in [-0.25, -0.2) is 0 Å². The van der Waals surface area contributed by atoms with Gasteiger partial charge in [0.1, 0.15) is 0 Å². The van der Waals surface area contributed by atoms with E-state index in [4.69, 9.17) is 9.47 Å². The third-order valence-corrected chi connectivity index (χ3v) is 7.88. The van der Waals surface area contributed by atoms with Crippen molar-refractivity contribution in [3.05, 3.63) is 109 Å². The normalized spacial score (nSPS) is 11.5. The summed E-state index contributed by atoms with van der Waals surface area (Å²) >= 11 is 0. The molecule has 0 spiro atoms. The van der Waals surface area contributed by atoms with E-state index in [0.717, 1.165) is 65.2 Å². The van der Waals surface area contributed by atoms with Crippen molar-refractivity contribution in [1.29, 1.82) is 0 Å². The fourth-order valence-corrected chi connectivity index (χ4v) is 5.65. The second kappa shape index (κ2) is 14.2. The fourth-order valence-electron chi connectivity index (χ4n) is 5.65. The van der Waals surface area contributed by atoms with E-state index in [9.17, 15) is 0 Å². The number of rotatable bonds is 15. The summed E-state index contributed by atoms with van der Waals surface area (Å²) in [5.74, 6) is 0. The van der Waals surface area contributed by atoms with E-state index < -0.39 is 0 Å². The zero-order chi connectivity index (χ0) is 28.4. The maximum atomic E-state index is 5.87. The standard InChI is InChI=1S/C38H40N2O2/c1-3-13-31-27-35-33(25-29(31)11-1)15-7-17-37(35)39-19-9-23-41-21-5-6-22-42-24-10-20-40-38-18-8-16-34-26-30-12-2-4-14-32(30)28-36(34)38/h1-4,7-8,11-18,25-28,39-40H,5-6,9-10,19-24H2. The molecule has 0 fully saturated rings. The van der Waals surface area contributed by atoms with Crippen LogP contribution in [0.4, 0.5) is 11.4 Å². The summed E-state index contributed by atoms with van der Waals surface area (Å²) in [7, 11) is 0. The maximum absolute atomic E-state index is 5.87. The van der Waals surface area contributed by atoms with E-state index in [-0.39, 0.29) is 0 Å². The molecule has 0 aliphatic carbocycles. The molecule has 0 atom stereocenters. The Morgan fingerprint density at radius 2 is 0.762 bits per heavy atom. The highest BCUT2D eigenvalue weighted by molar-refractivity contribution is 6.04. The Balaban J connectivity index is 0.816. The summed E-state index contributed by atoms with van der Waals surface area (Å²) in [6.45, 7) is 4.94. The monoisotopic (exact) mass is 556 g/mol. The topological polar surface area (TPSA) is 42.5 Å². The van der Waals surface area contributed by atoms with E-state index in [1.807, 2.05) is 0 Å². The third kappa shape index (κ3) is 7.02. The summed E-state index contributed by atoms with van der Waals surface area (Å²) < 4.78 is 11.7. The zero-order valence-electron chi connectivity index (χ0n) is 24.3. The minimum atomic E-state index is 0.775. The predicted molar refractivity (Wildman–Crippen MR) is 180 cm³/mol. The van der Waals surface area contributed by atoms with Gasteiger partial charge in [-0.1, -0.05) is 72.8 Å². The fraction of sp³-hybridized carbons (Fsp3) is 0.263. The molecule has 6 aromatic carbocycles. The lowest BCUT2D eigenvalue weighted by atomic mass is 10.0. The van der Waals surface area contributed by atoms with Crippen LogP contribution >= 0.6 is 0 Å². The Bertz CT molecular complexity index is 1630. The van der Waals surface area contributed by atoms with Crippen LogP contribution in [0.25, 0.3) is 43.1 Å². The zero-order valence-corrected chi connectivity index (χ0v) is 24.3. The SMILES string of the molecule is c1ccc2cc3c(NCCCOCCCCOCCCNc4cccc5cc6ccccc6cc45)cccc3cc2c1. The number of anilines is 2. The number of benzene rings is 6. The molecule has 0 saturated heterocycles. The number of nitrogens with one attached hydrogen (secondary N) is 2. The first-order valence-corrected chi connectivity index (χ1v) is 15.3. The van der Waals surface area contributed by atoms with Crippen molar-refractivity contribution in [2.24, 2.45) is 0 Å². The number of hydrogen-bond donors (Lipinski definition) is 2. The van der Waals surface area contributed by atoms with Gasteiger partial charge >= 0.3 is 0 Å². The van der Waals surface area contributed by atoms with Crippen LogP contribution in [-0.4, -0.2) is 39.5 Å². The molecule has 6 aromatic rings. The van der Waals surface area contributed by atoms with Crippen molar-refractivity contribution in [1.82, 2.24) is 0 Å². The summed E-state index contributed by atoms with van der Waals surface area (Å²) in [6.07, 6.45) is 4.04. The predicted octanol–water partition coefficient (Wildman–Crippen LogP) is 9.42. The van der Waals surface area contributed by atoms with Crippen molar-refractivity contribution >= 4 is 54.5 Å². The van der Waals surface area contributed by atoms with Gasteiger partial charge in [0.05, 0.1) is 0 Å². The molecule has 0 unspecified atom stereocenters. The highest BCUT2D eigenvalue weighted by Crippen LogP contribution is 2.29. The molecule has 0 aromatic heterocycles. The second-order valence-corrected chi connectivity index (χ2v) is 10.9. The van der Waals surface area contributed by atoms with E-state index in [2.05, 4.69) is 120 Å². The van der Waals surface area contributed by atoms with Crippen LogP contribution in [0.2, 0.25) is 0 Å². The van der Waals surface area contributed by atoms with Gasteiger partial charge in [-0.05, 0) is 94.4 Å². The van der Waals surface area contributed by atoms with Gasteiger partial charge in [0.15, 0.2) is 0 Å². The van der Waals surface area contributed by atoms with E-state index in [0.29, 0.717) is 0 Å². The molecule has 6 rings (SSSR count). The largest absolute Gasteiger partial charge is 0.384 e. The van der Waals surface area contributed by atoms with Gasteiger partial charge in [0.25, 0.3) is 0 Å². The number of fused-ring (bicyclic) bond motifs is 4. The van der Waals surface area contributed by atoms with Crippen LogP contribution in [0.5, 0.6) is 0 Å². The average Bonchev–Trinajstić information content (AvgIpc) is 3.03. The minimum Gasteiger partial charge on any atom is -0.384 e. The van der Waals surface area contributed by atoms with Crippen LogP contribution in [0, 0.1) is 0 Å². The Labute approximate surface area is 248 Å². The summed E-state index contributed by atoms with van der Waals surface area (Å²) in [5.41, 5.74) is 2.38. The molecule has 0 bridgehead atoms. The third-order valence-electron chi connectivity index (χ3n) is 7.88. The Hall–Kier alpha value is -4.12. The molecule has 42 heavy (non-hydrogen) atoms. The molecule has 2 N–H and O–H groups in total. The average molecular weight is 557 g/mol. The quantitative estimate of drug-likeness (QED) is 0.0977. The molecule has 214 valence electrons. The van der Waals surface area contributed by atoms with Crippen molar-refractivity contribution in [3.8, 4) is 0 Å². The molecule has 0 aliphatic heterocycles. The van der Waals surface area contributed by atoms with Gasteiger partial charge in [-0.15, -0.1) is 0 Å². The van der Waals surface area contributed by atoms with Gasteiger partial charge in [-0.2, -0.15) is 0 Å². The van der Waals surface area contributed by atoms with Crippen LogP contribution in [0.15, 0.2) is 109 Å². The first-order chi connectivity index (χ1) is 20.8. The summed E-state index contributed by atoms with van der Waals surface area (Å²) in [5, 5.41) is 17.4. The lowest BCUT2D eigenvalue weighted by Crippen LogP contribution is -2.08. The Morgan fingerprint density at radius 1 is 0.381 bits per heavy atom. The Kier molecular flexibility index (Phi) is 9.46. The second-order valence-electron chi connectivity index (χ2n) is 10.9. The van der Waals surface area contributed by atoms with Crippen LogP contribution in [-0.2, 0) is 9.47 Å². The van der Waals surface area contributed by atoms with E-state index in [1.165, 1.54) is 54.5 Å². The summed E-state index contributed by atoms with van der Waals surface area (Å²) in [6, 6.07) is 39.2. The first-order valence-electron chi connectivity index (χ1n) is 15.3. The molecule has 0 heterocycles. The summed E-state index contributed by atoms with van der Waals surface area (Å²) in [4.78, 5) is 0. The molecular weight excluding hydrogens is 516 g/mol. The molecule has 0 saturated carbocycles. The van der Waals surface area contributed by atoms with Gasteiger partial charge < -0.3 is 20.1 Å². The van der Waals surface area contributed by atoms with Crippen LogP contribution in [0.1, 0.15) is 25.7 Å². The van der Waals surface area contributed by atoms with Crippen LogP contribution in [0.3, 0.4) is 0 Å². The minimum absolute atomic E-state index is 0.775. The maximum Gasteiger partial charge on any atom is 0.0482 e. The van der Waals surface area contributed by atoms with Crippen LogP contribution < -0.4 is 10.6 Å². The van der Waals surface area contributed by atoms with E-state index >= 15 is 0 Å².